The summed E-state index contributed by atoms with van der Waals surface area (Å²) < 4.78 is 19.5. The van der Waals surface area contributed by atoms with Gasteiger partial charge in [-0.2, -0.15) is 0 Å². The van der Waals surface area contributed by atoms with Crippen molar-refractivity contribution < 1.29 is 13.9 Å². The molecule has 124 valence electrons. The molecule has 1 heterocycles. The van der Waals surface area contributed by atoms with E-state index in [0.717, 1.165) is 11.3 Å². The number of nitrogens with one attached hydrogen (secondary N) is 1. The van der Waals surface area contributed by atoms with Gasteiger partial charge >= 0.3 is 0 Å². The van der Waals surface area contributed by atoms with Crippen LogP contribution in [0.1, 0.15) is 18.4 Å². The van der Waals surface area contributed by atoms with Crippen molar-refractivity contribution in [2.75, 3.05) is 11.9 Å². The van der Waals surface area contributed by atoms with Crippen LogP contribution in [0.2, 0.25) is 0 Å². The van der Waals surface area contributed by atoms with Gasteiger partial charge in [-0.1, -0.05) is 23.5 Å². The Balaban J connectivity index is 1.46. The van der Waals surface area contributed by atoms with Crippen LogP contribution in [0.25, 0.3) is 10.2 Å². The topological polar surface area (TPSA) is 51.2 Å². The molecule has 3 rings (SSSR count). The summed E-state index contributed by atoms with van der Waals surface area (Å²) in [5, 5.41) is 3.24. The molecular weight excluding hydrogens is 327 g/mol. The van der Waals surface area contributed by atoms with Crippen molar-refractivity contribution >= 4 is 32.6 Å². The fourth-order valence-corrected chi connectivity index (χ4v) is 3.17. The van der Waals surface area contributed by atoms with Crippen molar-refractivity contribution in [1.82, 2.24) is 4.98 Å². The highest BCUT2D eigenvalue weighted by Crippen LogP contribution is 2.26. The first kappa shape index (κ1) is 16.4. The number of nitrogens with zero attached hydrogens (tertiary/aromatic N) is 1. The van der Waals surface area contributed by atoms with E-state index >= 15 is 0 Å². The van der Waals surface area contributed by atoms with Crippen molar-refractivity contribution in [3.63, 3.8) is 0 Å². The zero-order valence-electron chi connectivity index (χ0n) is 13.2. The molecule has 2 aromatic carbocycles. The van der Waals surface area contributed by atoms with Crippen LogP contribution in [0.15, 0.2) is 42.5 Å². The SMILES string of the molecule is Cc1cccc(OCCCC(=O)Nc2nc3ccc(F)cc3s2)c1. The van der Waals surface area contributed by atoms with Crippen molar-refractivity contribution in [3.05, 3.63) is 53.8 Å². The number of thiazole rings is 1. The normalized spacial score (nSPS) is 10.8. The molecule has 0 atom stereocenters. The van der Waals surface area contributed by atoms with Gasteiger partial charge in [-0.3, -0.25) is 4.79 Å². The lowest BCUT2D eigenvalue weighted by atomic mass is 10.2. The molecule has 0 aliphatic heterocycles. The number of rotatable bonds is 6. The van der Waals surface area contributed by atoms with Crippen molar-refractivity contribution in [2.24, 2.45) is 0 Å². The van der Waals surface area contributed by atoms with Crippen LogP contribution in [0.3, 0.4) is 0 Å². The van der Waals surface area contributed by atoms with Gasteiger partial charge in [-0.25, -0.2) is 9.37 Å². The van der Waals surface area contributed by atoms with Crippen LogP contribution in [-0.2, 0) is 4.79 Å². The Kier molecular flexibility index (Phi) is 5.05. The lowest BCUT2D eigenvalue weighted by molar-refractivity contribution is -0.116. The van der Waals surface area contributed by atoms with Crippen molar-refractivity contribution in [3.8, 4) is 5.75 Å². The molecule has 1 amide bonds. The molecule has 4 nitrogen and oxygen atoms in total. The number of carbonyl (C=O) groups excluding carboxylic acids is 1. The molecule has 6 heteroatoms. The van der Waals surface area contributed by atoms with Crippen LogP contribution in [0.4, 0.5) is 9.52 Å². The average Bonchev–Trinajstić information content (AvgIpc) is 2.93. The summed E-state index contributed by atoms with van der Waals surface area (Å²) in [6.45, 7) is 2.48. The van der Waals surface area contributed by atoms with E-state index in [9.17, 15) is 9.18 Å². The molecule has 0 fully saturated rings. The lowest BCUT2D eigenvalue weighted by Crippen LogP contribution is -2.12. The number of hydrogen-bond donors (Lipinski definition) is 1. The molecule has 1 N–H and O–H groups in total. The maximum atomic E-state index is 13.2. The number of hydrogen-bond acceptors (Lipinski definition) is 4. The summed E-state index contributed by atoms with van der Waals surface area (Å²) in [5.41, 5.74) is 1.82. The lowest BCUT2D eigenvalue weighted by Gasteiger charge is -2.06. The number of amides is 1. The largest absolute Gasteiger partial charge is 0.494 e. The maximum Gasteiger partial charge on any atom is 0.226 e. The molecule has 0 saturated heterocycles. The van der Waals surface area contributed by atoms with Gasteiger partial charge in [-0.15, -0.1) is 0 Å². The molecule has 3 aromatic rings. The molecule has 0 bridgehead atoms. The monoisotopic (exact) mass is 344 g/mol. The minimum atomic E-state index is -0.308. The number of benzene rings is 2. The van der Waals surface area contributed by atoms with E-state index in [1.807, 2.05) is 31.2 Å². The summed E-state index contributed by atoms with van der Waals surface area (Å²) >= 11 is 1.26. The quantitative estimate of drug-likeness (QED) is 0.668. The minimum absolute atomic E-state index is 0.123. The third kappa shape index (κ3) is 4.29. The van der Waals surface area contributed by atoms with E-state index in [4.69, 9.17) is 4.74 Å². The second-order valence-electron chi connectivity index (χ2n) is 5.45. The van der Waals surface area contributed by atoms with Crippen LogP contribution < -0.4 is 10.1 Å². The molecule has 0 unspecified atom stereocenters. The van der Waals surface area contributed by atoms with Crippen molar-refractivity contribution in [1.29, 1.82) is 0 Å². The number of halogens is 1. The highest BCUT2D eigenvalue weighted by Gasteiger charge is 2.08. The Bertz CT molecular complexity index is 863. The molecule has 0 aliphatic rings. The third-order valence-corrected chi connectivity index (χ3v) is 4.34. The second kappa shape index (κ2) is 7.40. The third-order valence-electron chi connectivity index (χ3n) is 3.40. The van der Waals surface area contributed by atoms with Crippen LogP contribution in [-0.4, -0.2) is 17.5 Å². The number of carbonyl (C=O) groups is 1. The van der Waals surface area contributed by atoms with E-state index in [-0.39, 0.29) is 11.7 Å². The first-order valence-electron chi connectivity index (χ1n) is 7.65. The molecule has 1 aromatic heterocycles. The fourth-order valence-electron chi connectivity index (χ4n) is 2.26. The number of anilines is 1. The van der Waals surface area contributed by atoms with E-state index < -0.39 is 0 Å². The summed E-state index contributed by atoms with van der Waals surface area (Å²) in [5.74, 6) is 0.378. The molecule has 0 saturated carbocycles. The van der Waals surface area contributed by atoms with E-state index in [1.165, 1.54) is 23.5 Å². The Morgan fingerprint density at radius 3 is 3.00 bits per heavy atom. The minimum Gasteiger partial charge on any atom is -0.494 e. The highest BCUT2D eigenvalue weighted by molar-refractivity contribution is 7.22. The Labute approximate surface area is 143 Å². The van der Waals surface area contributed by atoms with Crippen LogP contribution in [0.5, 0.6) is 5.75 Å². The first-order valence-corrected chi connectivity index (χ1v) is 8.47. The molecule has 0 spiro atoms. The van der Waals surface area contributed by atoms with Gasteiger partial charge in [0, 0.05) is 6.42 Å². The van der Waals surface area contributed by atoms with Gasteiger partial charge in [-0.05, 0) is 49.2 Å². The summed E-state index contributed by atoms with van der Waals surface area (Å²) in [4.78, 5) is 16.2. The summed E-state index contributed by atoms with van der Waals surface area (Å²) in [7, 11) is 0. The molecule has 0 radical (unpaired) electrons. The first-order chi connectivity index (χ1) is 11.6. The predicted molar refractivity (Wildman–Crippen MR) is 94.1 cm³/mol. The Morgan fingerprint density at radius 1 is 1.29 bits per heavy atom. The second-order valence-corrected chi connectivity index (χ2v) is 6.48. The Hall–Kier alpha value is -2.47. The van der Waals surface area contributed by atoms with Gasteiger partial charge in [0.1, 0.15) is 11.6 Å². The van der Waals surface area contributed by atoms with Crippen molar-refractivity contribution in [2.45, 2.75) is 19.8 Å². The zero-order valence-corrected chi connectivity index (χ0v) is 14.0. The summed E-state index contributed by atoms with van der Waals surface area (Å²) in [6.07, 6.45) is 0.954. The van der Waals surface area contributed by atoms with Gasteiger partial charge in [0.25, 0.3) is 0 Å². The fraction of sp³-hybridized carbons (Fsp3) is 0.222. The molecular formula is C18H17FN2O2S. The van der Waals surface area contributed by atoms with Gasteiger partial charge in [0.15, 0.2) is 5.13 Å². The van der Waals surface area contributed by atoms with E-state index in [2.05, 4.69) is 10.3 Å². The van der Waals surface area contributed by atoms with Crippen LogP contribution in [0, 0.1) is 12.7 Å². The standard InChI is InChI=1S/C18H17FN2O2S/c1-12-4-2-5-14(10-12)23-9-3-6-17(22)21-18-20-15-8-7-13(19)11-16(15)24-18/h2,4-5,7-8,10-11H,3,6,9H2,1H3,(H,20,21,22). The smallest absolute Gasteiger partial charge is 0.226 e. The average molecular weight is 344 g/mol. The highest BCUT2D eigenvalue weighted by atomic mass is 32.1. The maximum absolute atomic E-state index is 13.2. The van der Waals surface area contributed by atoms with Crippen LogP contribution >= 0.6 is 11.3 Å². The molecule has 0 aliphatic carbocycles. The number of fused-ring (bicyclic) bond motifs is 1. The Morgan fingerprint density at radius 2 is 2.17 bits per heavy atom. The van der Waals surface area contributed by atoms with Gasteiger partial charge < -0.3 is 10.1 Å². The number of aryl methyl sites for hydroxylation is 1. The predicted octanol–water partition coefficient (Wildman–Crippen LogP) is 4.54. The van der Waals surface area contributed by atoms with Gasteiger partial charge in [0.2, 0.25) is 5.91 Å². The zero-order chi connectivity index (χ0) is 16.9. The summed E-state index contributed by atoms with van der Waals surface area (Å²) in [6, 6.07) is 12.2. The molecule has 24 heavy (non-hydrogen) atoms. The van der Waals surface area contributed by atoms with E-state index in [1.54, 1.807) is 6.07 Å². The number of aromatic nitrogens is 1. The van der Waals surface area contributed by atoms with E-state index in [0.29, 0.717) is 34.8 Å². The number of ether oxygens (including phenoxy) is 1. The van der Waals surface area contributed by atoms with Gasteiger partial charge in [0.05, 0.1) is 16.8 Å².